The standard InChI is InChI=1S/C10H8Cl2O2/c1-14-9-4-2-7(6-8(9)11)3-5-10(12)13/h2-6H,1H3/b5-3+. The molecular weight excluding hydrogens is 223 g/mol. The van der Waals surface area contributed by atoms with Crippen molar-refractivity contribution < 1.29 is 9.53 Å². The van der Waals surface area contributed by atoms with Crippen LogP contribution in [0.1, 0.15) is 5.56 Å². The normalized spacial score (nSPS) is 10.5. The van der Waals surface area contributed by atoms with E-state index in [2.05, 4.69) is 0 Å². The summed E-state index contributed by atoms with van der Waals surface area (Å²) in [6.07, 6.45) is 2.85. The third-order valence-electron chi connectivity index (χ3n) is 1.58. The Morgan fingerprint density at radius 1 is 1.50 bits per heavy atom. The predicted molar refractivity (Wildman–Crippen MR) is 57.9 cm³/mol. The molecule has 2 nitrogen and oxygen atoms in total. The predicted octanol–water partition coefficient (Wildman–Crippen LogP) is 3.13. The average molecular weight is 231 g/mol. The van der Waals surface area contributed by atoms with Gasteiger partial charge in [0.2, 0.25) is 5.24 Å². The molecule has 0 aromatic heterocycles. The van der Waals surface area contributed by atoms with Gasteiger partial charge in [-0.05, 0) is 35.4 Å². The second kappa shape index (κ2) is 5.03. The molecule has 0 fully saturated rings. The Morgan fingerprint density at radius 3 is 2.71 bits per heavy atom. The van der Waals surface area contributed by atoms with Gasteiger partial charge in [-0.25, -0.2) is 0 Å². The molecule has 0 amide bonds. The number of hydrogen-bond acceptors (Lipinski definition) is 2. The molecule has 1 aromatic carbocycles. The molecule has 0 aliphatic rings. The highest BCUT2D eigenvalue weighted by atomic mass is 35.5. The molecule has 0 aliphatic carbocycles. The molecule has 1 aromatic rings. The van der Waals surface area contributed by atoms with Crippen molar-refractivity contribution in [2.45, 2.75) is 0 Å². The quantitative estimate of drug-likeness (QED) is 0.590. The number of hydrogen-bond donors (Lipinski definition) is 0. The van der Waals surface area contributed by atoms with E-state index in [0.29, 0.717) is 10.8 Å². The van der Waals surface area contributed by atoms with Gasteiger partial charge in [0, 0.05) is 0 Å². The number of ether oxygens (including phenoxy) is 1. The zero-order chi connectivity index (χ0) is 10.6. The summed E-state index contributed by atoms with van der Waals surface area (Å²) in [4.78, 5) is 10.4. The van der Waals surface area contributed by atoms with Crippen molar-refractivity contribution in [3.63, 3.8) is 0 Å². The fraction of sp³-hybridized carbons (Fsp3) is 0.100. The van der Waals surface area contributed by atoms with E-state index in [-0.39, 0.29) is 0 Å². The van der Waals surface area contributed by atoms with E-state index in [0.717, 1.165) is 5.56 Å². The Bertz CT molecular complexity index is 372. The van der Waals surface area contributed by atoms with Crippen LogP contribution in [0.25, 0.3) is 6.08 Å². The highest BCUT2D eigenvalue weighted by Gasteiger charge is 1.99. The molecule has 0 saturated carbocycles. The zero-order valence-corrected chi connectivity index (χ0v) is 8.97. The van der Waals surface area contributed by atoms with Crippen LogP contribution in [0.4, 0.5) is 0 Å². The maximum Gasteiger partial charge on any atom is 0.245 e. The van der Waals surface area contributed by atoms with Crippen molar-refractivity contribution in [3.05, 3.63) is 34.9 Å². The van der Waals surface area contributed by atoms with Crippen LogP contribution < -0.4 is 4.74 Å². The number of carbonyl (C=O) groups is 1. The van der Waals surface area contributed by atoms with E-state index in [1.807, 2.05) is 0 Å². The monoisotopic (exact) mass is 230 g/mol. The molecule has 14 heavy (non-hydrogen) atoms. The van der Waals surface area contributed by atoms with Gasteiger partial charge in [0.05, 0.1) is 12.1 Å². The molecule has 1 rings (SSSR count). The van der Waals surface area contributed by atoms with Crippen molar-refractivity contribution in [3.8, 4) is 5.75 Å². The van der Waals surface area contributed by atoms with Crippen molar-refractivity contribution in [2.75, 3.05) is 7.11 Å². The lowest BCUT2D eigenvalue weighted by molar-refractivity contribution is -0.107. The van der Waals surface area contributed by atoms with Crippen molar-refractivity contribution in [1.82, 2.24) is 0 Å². The molecular formula is C10H8Cl2O2. The van der Waals surface area contributed by atoms with Gasteiger partial charge in [-0.2, -0.15) is 0 Å². The number of halogens is 2. The van der Waals surface area contributed by atoms with Crippen LogP contribution in [-0.4, -0.2) is 12.4 Å². The van der Waals surface area contributed by atoms with Crippen LogP contribution in [0.3, 0.4) is 0 Å². The van der Waals surface area contributed by atoms with Gasteiger partial charge < -0.3 is 4.74 Å². The van der Waals surface area contributed by atoms with E-state index in [9.17, 15) is 4.79 Å². The lowest BCUT2D eigenvalue weighted by Crippen LogP contribution is -1.84. The molecule has 0 aliphatic heterocycles. The zero-order valence-electron chi connectivity index (χ0n) is 7.46. The third kappa shape index (κ3) is 3.05. The molecule has 74 valence electrons. The van der Waals surface area contributed by atoms with Gasteiger partial charge >= 0.3 is 0 Å². The van der Waals surface area contributed by atoms with E-state index < -0.39 is 5.24 Å². The second-order valence-electron chi connectivity index (χ2n) is 2.53. The largest absolute Gasteiger partial charge is 0.495 e. The second-order valence-corrected chi connectivity index (χ2v) is 3.31. The molecule has 0 radical (unpaired) electrons. The Kier molecular flexibility index (Phi) is 3.98. The van der Waals surface area contributed by atoms with Crippen molar-refractivity contribution in [1.29, 1.82) is 0 Å². The first-order chi connectivity index (χ1) is 6.63. The molecule has 0 heterocycles. The van der Waals surface area contributed by atoms with Crippen molar-refractivity contribution in [2.24, 2.45) is 0 Å². The number of benzene rings is 1. The number of rotatable bonds is 3. The van der Waals surface area contributed by atoms with E-state index in [1.54, 1.807) is 31.4 Å². The summed E-state index contributed by atoms with van der Waals surface area (Å²) in [7, 11) is 1.54. The number of allylic oxidation sites excluding steroid dienone is 1. The van der Waals surface area contributed by atoms with E-state index in [1.165, 1.54) is 6.08 Å². The lowest BCUT2D eigenvalue weighted by Gasteiger charge is -2.02. The molecule has 0 saturated heterocycles. The topological polar surface area (TPSA) is 26.3 Å². The Morgan fingerprint density at radius 2 is 2.21 bits per heavy atom. The number of methoxy groups -OCH3 is 1. The van der Waals surface area contributed by atoms with Crippen LogP contribution in [0.5, 0.6) is 5.75 Å². The van der Waals surface area contributed by atoms with Crippen LogP contribution in [0, 0.1) is 0 Å². The van der Waals surface area contributed by atoms with Crippen LogP contribution in [0.15, 0.2) is 24.3 Å². The van der Waals surface area contributed by atoms with Crippen LogP contribution in [0.2, 0.25) is 5.02 Å². The summed E-state index contributed by atoms with van der Waals surface area (Å²) in [6.45, 7) is 0. The minimum absolute atomic E-state index is 0.497. The Hall–Kier alpha value is -0.990. The molecule has 0 atom stereocenters. The van der Waals surface area contributed by atoms with Gasteiger partial charge in [-0.15, -0.1) is 0 Å². The summed E-state index contributed by atoms with van der Waals surface area (Å²) < 4.78 is 4.98. The van der Waals surface area contributed by atoms with Gasteiger partial charge in [0.25, 0.3) is 0 Å². The molecule has 4 heteroatoms. The molecule has 0 unspecified atom stereocenters. The highest BCUT2D eigenvalue weighted by Crippen LogP contribution is 2.25. The summed E-state index contributed by atoms with van der Waals surface area (Å²) in [5, 5.41) is -0.0198. The number of carbonyl (C=O) groups excluding carboxylic acids is 1. The van der Waals surface area contributed by atoms with E-state index >= 15 is 0 Å². The fourth-order valence-electron chi connectivity index (χ4n) is 0.948. The third-order valence-corrected chi connectivity index (χ3v) is 2.00. The smallest absolute Gasteiger partial charge is 0.245 e. The van der Waals surface area contributed by atoms with Gasteiger partial charge in [-0.1, -0.05) is 23.7 Å². The molecule has 0 bridgehead atoms. The summed E-state index contributed by atoms with van der Waals surface area (Å²) >= 11 is 11.0. The van der Waals surface area contributed by atoms with Crippen LogP contribution in [-0.2, 0) is 4.79 Å². The first-order valence-electron chi connectivity index (χ1n) is 3.84. The molecule has 0 spiro atoms. The summed E-state index contributed by atoms with van der Waals surface area (Å²) in [5.74, 6) is 0.598. The van der Waals surface area contributed by atoms with E-state index in [4.69, 9.17) is 27.9 Å². The average Bonchev–Trinajstić information content (AvgIpc) is 2.15. The molecule has 0 N–H and O–H groups in total. The maximum atomic E-state index is 10.4. The van der Waals surface area contributed by atoms with Gasteiger partial charge in [0.1, 0.15) is 5.75 Å². The SMILES string of the molecule is COc1ccc(/C=C/C(=O)Cl)cc1Cl. The minimum Gasteiger partial charge on any atom is -0.495 e. The first kappa shape index (κ1) is 11.1. The van der Waals surface area contributed by atoms with Gasteiger partial charge in [-0.3, -0.25) is 4.79 Å². The summed E-state index contributed by atoms with van der Waals surface area (Å²) in [5.41, 5.74) is 0.796. The maximum absolute atomic E-state index is 10.4. The minimum atomic E-state index is -0.517. The first-order valence-corrected chi connectivity index (χ1v) is 4.60. The highest BCUT2D eigenvalue weighted by molar-refractivity contribution is 6.66. The lowest BCUT2D eigenvalue weighted by atomic mass is 10.2. The van der Waals surface area contributed by atoms with Gasteiger partial charge in [0.15, 0.2) is 0 Å². The Labute approximate surface area is 92.1 Å². The Balaban J connectivity index is 2.91. The van der Waals surface area contributed by atoms with Crippen molar-refractivity contribution >= 4 is 34.5 Å². The van der Waals surface area contributed by atoms with Crippen LogP contribution >= 0.6 is 23.2 Å². The summed E-state index contributed by atoms with van der Waals surface area (Å²) in [6, 6.07) is 5.19. The fourth-order valence-corrected chi connectivity index (χ4v) is 1.28.